The zero-order valence-corrected chi connectivity index (χ0v) is 14.3. The summed E-state index contributed by atoms with van der Waals surface area (Å²) in [5.74, 6) is -0.105. The zero-order chi connectivity index (χ0) is 16.7. The summed E-state index contributed by atoms with van der Waals surface area (Å²) < 4.78 is 0. The first-order chi connectivity index (χ1) is 11.1. The summed E-state index contributed by atoms with van der Waals surface area (Å²) in [6.45, 7) is 7.81. The molecular weight excluding hydrogens is 286 g/mol. The molecule has 1 fully saturated rings. The highest BCUT2D eigenvalue weighted by Gasteiger charge is 2.41. The van der Waals surface area contributed by atoms with Crippen molar-refractivity contribution >= 4 is 5.91 Å². The maximum Gasteiger partial charge on any atom is 0.240 e. The molecule has 4 nitrogen and oxygen atoms in total. The fourth-order valence-corrected chi connectivity index (χ4v) is 3.26. The van der Waals surface area contributed by atoms with E-state index in [4.69, 9.17) is 0 Å². The van der Waals surface area contributed by atoms with Gasteiger partial charge in [-0.3, -0.25) is 9.69 Å². The summed E-state index contributed by atoms with van der Waals surface area (Å²) in [7, 11) is 0. The van der Waals surface area contributed by atoms with Crippen LogP contribution in [0.2, 0.25) is 0 Å². The lowest BCUT2D eigenvalue weighted by Gasteiger charge is -2.20. The molecule has 23 heavy (non-hydrogen) atoms. The number of rotatable bonds is 7. The van der Waals surface area contributed by atoms with Crippen LogP contribution >= 0.6 is 0 Å². The largest absolute Gasteiger partial charge is 0.351 e. The Morgan fingerprint density at radius 1 is 1.26 bits per heavy atom. The summed E-state index contributed by atoms with van der Waals surface area (Å²) in [4.78, 5) is 14.7. The minimum atomic E-state index is -0.793. The van der Waals surface area contributed by atoms with Gasteiger partial charge in [0.2, 0.25) is 5.91 Å². The summed E-state index contributed by atoms with van der Waals surface area (Å²) in [6, 6.07) is 10.6. The number of carbonyl (C=O) groups is 1. The average Bonchev–Trinajstić information content (AvgIpc) is 3.08. The lowest BCUT2D eigenvalue weighted by molar-refractivity contribution is -0.128. The van der Waals surface area contributed by atoms with E-state index in [1.54, 1.807) is 0 Å². The molecule has 2 rings (SSSR count). The van der Waals surface area contributed by atoms with Gasteiger partial charge < -0.3 is 5.32 Å². The van der Waals surface area contributed by atoms with Crippen molar-refractivity contribution in [3.63, 3.8) is 0 Å². The Balaban J connectivity index is 1.96. The lowest BCUT2D eigenvalue weighted by atomic mass is 9.87. The van der Waals surface area contributed by atoms with E-state index in [9.17, 15) is 10.1 Å². The first-order valence-electron chi connectivity index (χ1n) is 8.63. The fourth-order valence-electron chi connectivity index (χ4n) is 3.26. The molecule has 0 bridgehead atoms. The van der Waals surface area contributed by atoms with Crippen LogP contribution in [0.25, 0.3) is 0 Å². The molecule has 1 aliphatic carbocycles. The molecule has 0 aliphatic heterocycles. The molecule has 1 amide bonds. The molecule has 1 saturated carbocycles. The van der Waals surface area contributed by atoms with Crippen LogP contribution in [0.3, 0.4) is 0 Å². The van der Waals surface area contributed by atoms with Crippen LogP contribution < -0.4 is 5.32 Å². The van der Waals surface area contributed by atoms with Gasteiger partial charge in [0.05, 0.1) is 6.07 Å². The van der Waals surface area contributed by atoms with E-state index in [1.165, 1.54) is 5.56 Å². The third-order valence-corrected chi connectivity index (χ3v) is 4.85. The van der Waals surface area contributed by atoms with Gasteiger partial charge in [0, 0.05) is 13.1 Å². The molecule has 0 spiro atoms. The molecular formula is C19H27N3O. The van der Waals surface area contributed by atoms with Gasteiger partial charge in [0.25, 0.3) is 0 Å². The number of amides is 1. The predicted octanol–water partition coefficient (Wildman–Crippen LogP) is 3.23. The molecule has 1 aliphatic rings. The Bertz CT molecular complexity index is 566. The quantitative estimate of drug-likeness (QED) is 0.841. The summed E-state index contributed by atoms with van der Waals surface area (Å²) in [5.41, 5.74) is 1.56. The second kappa shape index (κ2) is 8.12. The SMILES string of the molecule is CCN(CC)Cc1cccc(CNC(=O)C2(C#N)CCCC2)c1. The third kappa shape index (κ3) is 4.33. The second-order valence-corrected chi connectivity index (χ2v) is 6.37. The van der Waals surface area contributed by atoms with Crippen molar-refractivity contribution in [3.8, 4) is 6.07 Å². The van der Waals surface area contributed by atoms with Crippen LogP contribution in [0.5, 0.6) is 0 Å². The molecule has 0 radical (unpaired) electrons. The standard InChI is InChI=1S/C19H27N3O/c1-3-22(4-2)14-17-9-7-8-16(12-17)13-21-18(23)19(15-20)10-5-6-11-19/h7-9,12H,3-6,10-11,13-14H2,1-2H3,(H,21,23). The van der Waals surface area contributed by atoms with Gasteiger partial charge in [-0.1, -0.05) is 51.0 Å². The minimum absolute atomic E-state index is 0.105. The van der Waals surface area contributed by atoms with E-state index in [-0.39, 0.29) is 5.91 Å². The molecule has 1 aromatic rings. The lowest BCUT2D eigenvalue weighted by Crippen LogP contribution is -2.37. The topological polar surface area (TPSA) is 56.1 Å². The van der Waals surface area contributed by atoms with E-state index < -0.39 is 5.41 Å². The average molecular weight is 313 g/mol. The Labute approximate surface area is 139 Å². The zero-order valence-electron chi connectivity index (χ0n) is 14.3. The van der Waals surface area contributed by atoms with Crippen molar-refractivity contribution in [2.24, 2.45) is 5.41 Å². The Morgan fingerprint density at radius 2 is 1.91 bits per heavy atom. The molecule has 4 heteroatoms. The van der Waals surface area contributed by atoms with Crippen LogP contribution in [-0.4, -0.2) is 23.9 Å². The normalized spacial score (nSPS) is 16.3. The number of nitriles is 1. The van der Waals surface area contributed by atoms with Crippen LogP contribution in [-0.2, 0) is 17.9 Å². The number of benzene rings is 1. The van der Waals surface area contributed by atoms with Crippen molar-refractivity contribution < 1.29 is 4.79 Å². The van der Waals surface area contributed by atoms with E-state index in [0.717, 1.165) is 38.0 Å². The molecule has 124 valence electrons. The highest BCUT2D eigenvalue weighted by molar-refractivity contribution is 5.85. The molecule has 0 unspecified atom stereocenters. The number of carbonyl (C=O) groups excluding carboxylic acids is 1. The fraction of sp³-hybridized carbons (Fsp3) is 0.579. The Hall–Kier alpha value is -1.86. The van der Waals surface area contributed by atoms with Crippen LogP contribution in [0.1, 0.15) is 50.7 Å². The van der Waals surface area contributed by atoms with Gasteiger partial charge in [0.1, 0.15) is 5.41 Å². The minimum Gasteiger partial charge on any atom is -0.351 e. The predicted molar refractivity (Wildman–Crippen MR) is 91.4 cm³/mol. The first-order valence-corrected chi connectivity index (χ1v) is 8.63. The number of nitrogens with zero attached hydrogens (tertiary/aromatic N) is 2. The van der Waals surface area contributed by atoms with Crippen LogP contribution in [0.4, 0.5) is 0 Å². The molecule has 0 saturated heterocycles. The molecule has 0 atom stereocenters. The van der Waals surface area contributed by atoms with Crippen molar-refractivity contribution in [2.45, 2.75) is 52.6 Å². The maximum atomic E-state index is 12.4. The van der Waals surface area contributed by atoms with Gasteiger partial charge in [-0.2, -0.15) is 5.26 Å². The maximum absolute atomic E-state index is 12.4. The van der Waals surface area contributed by atoms with Gasteiger partial charge in [-0.15, -0.1) is 0 Å². The van der Waals surface area contributed by atoms with Crippen LogP contribution in [0.15, 0.2) is 24.3 Å². The van der Waals surface area contributed by atoms with E-state index >= 15 is 0 Å². The number of hydrogen-bond acceptors (Lipinski definition) is 3. The van der Waals surface area contributed by atoms with Gasteiger partial charge in [-0.25, -0.2) is 0 Å². The van der Waals surface area contributed by atoms with Crippen LogP contribution in [0, 0.1) is 16.7 Å². The molecule has 1 N–H and O–H groups in total. The highest BCUT2D eigenvalue weighted by Crippen LogP contribution is 2.37. The van der Waals surface area contributed by atoms with Crippen molar-refractivity contribution in [1.29, 1.82) is 5.26 Å². The molecule has 0 aromatic heterocycles. The van der Waals surface area contributed by atoms with Gasteiger partial charge >= 0.3 is 0 Å². The monoisotopic (exact) mass is 313 g/mol. The second-order valence-electron chi connectivity index (χ2n) is 6.37. The van der Waals surface area contributed by atoms with E-state index in [2.05, 4.69) is 42.3 Å². The van der Waals surface area contributed by atoms with E-state index in [1.807, 2.05) is 12.1 Å². The Morgan fingerprint density at radius 3 is 2.52 bits per heavy atom. The molecule has 0 heterocycles. The molecule has 1 aromatic carbocycles. The van der Waals surface area contributed by atoms with Crippen molar-refractivity contribution in [1.82, 2.24) is 10.2 Å². The van der Waals surface area contributed by atoms with Gasteiger partial charge in [0.15, 0.2) is 0 Å². The van der Waals surface area contributed by atoms with Crippen molar-refractivity contribution in [2.75, 3.05) is 13.1 Å². The number of hydrogen-bond donors (Lipinski definition) is 1. The van der Waals surface area contributed by atoms with E-state index in [0.29, 0.717) is 19.4 Å². The number of nitrogens with one attached hydrogen (secondary N) is 1. The third-order valence-electron chi connectivity index (χ3n) is 4.85. The first kappa shape index (κ1) is 17.5. The smallest absolute Gasteiger partial charge is 0.240 e. The summed E-state index contributed by atoms with van der Waals surface area (Å²) in [5, 5.41) is 12.3. The van der Waals surface area contributed by atoms with Crippen molar-refractivity contribution in [3.05, 3.63) is 35.4 Å². The summed E-state index contributed by atoms with van der Waals surface area (Å²) in [6.07, 6.45) is 3.33. The summed E-state index contributed by atoms with van der Waals surface area (Å²) >= 11 is 0. The Kier molecular flexibility index (Phi) is 6.18. The van der Waals surface area contributed by atoms with Gasteiger partial charge in [-0.05, 0) is 37.1 Å². The highest BCUT2D eigenvalue weighted by atomic mass is 16.2.